The number of nitrogens with one attached hydrogen (secondary N) is 1. The third kappa shape index (κ3) is 3.37. The van der Waals surface area contributed by atoms with Crippen molar-refractivity contribution in [1.29, 1.82) is 0 Å². The molecule has 1 unspecified atom stereocenters. The number of hydrogen-bond donors (Lipinski definition) is 2. The standard InChI is InChI=1S/C15H19N3O3S/c16-22(20,21)10-13-5-3-7-18(13)9-12-8-11-4-1-2-6-14(11)17-15(12)19/h1-2,4,6,8,13H,3,5,7,9-10H2,(H,17,19)(H2,16,20,21). The van der Waals surface area contributed by atoms with Crippen LogP contribution < -0.4 is 10.7 Å². The zero-order valence-corrected chi connectivity index (χ0v) is 13.0. The van der Waals surface area contributed by atoms with Crippen LogP contribution in [-0.4, -0.2) is 36.6 Å². The van der Waals surface area contributed by atoms with Crippen LogP contribution in [0.1, 0.15) is 18.4 Å². The van der Waals surface area contributed by atoms with Crippen molar-refractivity contribution in [2.45, 2.75) is 25.4 Å². The van der Waals surface area contributed by atoms with Crippen LogP contribution in [0.25, 0.3) is 10.9 Å². The van der Waals surface area contributed by atoms with Crippen molar-refractivity contribution >= 4 is 20.9 Å². The third-order valence-corrected chi connectivity index (χ3v) is 4.98. The lowest BCUT2D eigenvalue weighted by Crippen LogP contribution is -2.38. The Bertz CT molecular complexity index is 844. The molecule has 22 heavy (non-hydrogen) atoms. The van der Waals surface area contributed by atoms with Crippen molar-refractivity contribution in [3.63, 3.8) is 0 Å². The van der Waals surface area contributed by atoms with E-state index < -0.39 is 10.0 Å². The van der Waals surface area contributed by atoms with Gasteiger partial charge in [-0.1, -0.05) is 18.2 Å². The first kappa shape index (κ1) is 15.2. The Hall–Kier alpha value is -1.70. The molecule has 1 fully saturated rings. The maximum atomic E-state index is 12.2. The Morgan fingerprint density at radius 1 is 1.32 bits per heavy atom. The number of hydrogen-bond acceptors (Lipinski definition) is 4. The van der Waals surface area contributed by atoms with E-state index >= 15 is 0 Å². The van der Waals surface area contributed by atoms with Crippen molar-refractivity contribution in [3.8, 4) is 0 Å². The molecule has 3 N–H and O–H groups in total. The molecular weight excluding hydrogens is 302 g/mol. The van der Waals surface area contributed by atoms with E-state index in [0.717, 1.165) is 30.3 Å². The molecule has 1 aromatic heterocycles. The summed E-state index contributed by atoms with van der Waals surface area (Å²) >= 11 is 0. The van der Waals surface area contributed by atoms with E-state index in [1.54, 1.807) is 0 Å². The highest BCUT2D eigenvalue weighted by molar-refractivity contribution is 7.89. The summed E-state index contributed by atoms with van der Waals surface area (Å²) in [4.78, 5) is 17.1. The normalized spacial score (nSPS) is 19.8. The maximum Gasteiger partial charge on any atom is 0.252 e. The van der Waals surface area contributed by atoms with Gasteiger partial charge in [0.15, 0.2) is 0 Å². The number of likely N-dealkylation sites (tertiary alicyclic amines) is 1. The summed E-state index contributed by atoms with van der Waals surface area (Å²) in [6, 6.07) is 9.37. The SMILES string of the molecule is NS(=O)(=O)CC1CCCN1Cc1cc2ccccc2[nH]c1=O. The smallest absolute Gasteiger partial charge is 0.252 e. The first-order valence-corrected chi connectivity index (χ1v) is 8.99. The number of sulfonamides is 1. The van der Waals surface area contributed by atoms with Gasteiger partial charge in [-0.3, -0.25) is 9.69 Å². The average molecular weight is 321 g/mol. The number of aromatic amines is 1. The predicted molar refractivity (Wildman–Crippen MR) is 86.0 cm³/mol. The second-order valence-corrected chi connectivity index (χ2v) is 7.47. The largest absolute Gasteiger partial charge is 0.322 e. The minimum Gasteiger partial charge on any atom is -0.322 e. The molecule has 2 aromatic rings. The Labute approximate surface area is 129 Å². The van der Waals surface area contributed by atoms with Gasteiger partial charge < -0.3 is 4.98 Å². The number of benzene rings is 1. The van der Waals surface area contributed by atoms with Crippen LogP contribution in [0.3, 0.4) is 0 Å². The van der Waals surface area contributed by atoms with Crippen LogP contribution in [0.2, 0.25) is 0 Å². The molecule has 0 radical (unpaired) electrons. The summed E-state index contributed by atoms with van der Waals surface area (Å²) in [6.45, 7) is 1.23. The first-order valence-electron chi connectivity index (χ1n) is 7.28. The Kier molecular flexibility index (Phi) is 4.03. The van der Waals surface area contributed by atoms with Crippen molar-refractivity contribution < 1.29 is 8.42 Å². The zero-order chi connectivity index (χ0) is 15.7. The highest BCUT2D eigenvalue weighted by Gasteiger charge is 2.28. The number of fused-ring (bicyclic) bond motifs is 1. The molecule has 7 heteroatoms. The molecule has 1 aromatic carbocycles. The third-order valence-electron chi connectivity index (χ3n) is 4.13. The number of rotatable bonds is 4. The molecule has 0 bridgehead atoms. The Balaban J connectivity index is 1.86. The lowest BCUT2D eigenvalue weighted by molar-refractivity contribution is 0.261. The van der Waals surface area contributed by atoms with Gasteiger partial charge in [-0.05, 0) is 36.9 Å². The van der Waals surface area contributed by atoms with Gasteiger partial charge in [-0.2, -0.15) is 0 Å². The van der Waals surface area contributed by atoms with Gasteiger partial charge >= 0.3 is 0 Å². The monoisotopic (exact) mass is 321 g/mol. The van der Waals surface area contributed by atoms with Gasteiger partial charge in [0.2, 0.25) is 10.0 Å². The van der Waals surface area contributed by atoms with Crippen molar-refractivity contribution in [2.24, 2.45) is 5.14 Å². The first-order chi connectivity index (χ1) is 10.4. The summed E-state index contributed by atoms with van der Waals surface area (Å²) in [5.74, 6) is -0.0571. The minimum absolute atomic E-state index is 0.0571. The number of para-hydroxylation sites is 1. The van der Waals surface area contributed by atoms with Crippen LogP contribution in [0, 0.1) is 0 Å². The fraction of sp³-hybridized carbons (Fsp3) is 0.400. The zero-order valence-electron chi connectivity index (χ0n) is 12.2. The van der Waals surface area contributed by atoms with Gasteiger partial charge in [0.1, 0.15) is 0 Å². The highest BCUT2D eigenvalue weighted by Crippen LogP contribution is 2.21. The van der Waals surface area contributed by atoms with Crippen LogP contribution in [-0.2, 0) is 16.6 Å². The Morgan fingerprint density at radius 3 is 2.86 bits per heavy atom. The second-order valence-electron chi connectivity index (χ2n) is 5.81. The number of pyridine rings is 1. The van der Waals surface area contributed by atoms with Gasteiger partial charge in [0.25, 0.3) is 5.56 Å². The van der Waals surface area contributed by atoms with Crippen molar-refractivity contribution in [3.05, 3.63) is 46.2 Å². The number of nitrogens with two attached hydrogens (primary N) is 1. The fourth-order valence-corrected chi connectivity index (χ4v) is 4.00. The molecule has 118 valence electrons. The number of nitrogens with zero attached hydrogens (tertiary/aromatic N) is 1. The van der Waals surface area contributed by atoms with Gasteiger partial charge in [-0.15, -0.1) is 0 Å². The fourth-order valence-electron chi connectivity index (χ4n) is 3.09. The summed E-state index contributed by atoms with van der Waals surface area (Å²) in [5.41, 5.74) is 1.33. The van der Waals surface area contributed by atoms with E-state index in [1.165, 1.54) is 0 Å². The molecule has 3 rings (SSSR count). The molecule has 0 saturated carbocycles. The van der Waals surface area contributed by atoms with Crippen LogP contribution >= 0.6 is 0 Å². The molecule has 1 aliphatic heterocycles. The van der Waals surface area contributed by atoms with E-state index in [4.69, 9.17) is 5.14 Å². The van der Waals surface area contributed by atoms with Crippen LogP contribution in [0.15, 0.2) is 35.1 Å². The molecule has 1 aliphatic rings. The lowest BCUT2D eigenvalue weighted by atomic mass is 10.1. The van der Waals surface area contributed by atoms with E-state index in [-0.39, 0.29) is 17.4 Å². The van der Waals surface area contributed by atoms with E-state index in [2.05, 4.69) is 4.98 Å². The molecule has 0 spiro atoms. The summed E-state index contributed by atoms with van der Waals surface area (Å²) in [7, 11) is -3.51. The number of H-pyrrole nitrogens is 1. The topological polar surface area (TPSA) is 96.3 Å². The Morgan fingerprint density at radius 2 is 2.09 bits per heavy atom. The average Bonchev–Trinajstić information content (AvgIpc) is 2.85. The van der Waals surface area contributed by atoms with E-state index in [1.807, 2.05) is 35.2 Å². The lowest BCUT2D eigenvalue weighted by Gasteiger charge is -2.23. The molecule has 0 aliphatic carbocycles. The van der Waals surface area contributed by atoms with Crippen LogP contribution in [0.4, 0.5) is 0 Å². The van der Waals surface area contributed by atoms with Crippen LogP contribution in [0.5, 0.6) is 0 Å². The van der Waals surface area contributed by atoms with Crippen molar-refractivity contribution in [2.75, 3.05) is 12.3 Å². The molecule has 1 saturated heterocycles. The molecule has 2 heterocycles. The van der Waals surface area contributed by atoms with Gasteiger partial charge in [-0.25, -0.2) is 13.6 Å². The number of aromatic nitrogens is 1. The highest BCUT2D eigenvalue weighted by atomic mass is 32.2. The van der Waals surface area contributed by atoms with E-state index in [9.17, 15) is 13.2 Å². The van der Waals surface area contributed by atoms with Gasteiger partial charge in [0, 0.05) is 23.7 Å². The van der Waals surface area contributed by atoms with Crippen molar-refractivity contribution in [1.82, 2.24) is 9.88 Å². The summed E-state index contributed by atoms with van der Waals surface area (Å²) in [5, 5.41) is 6.12. The second kappa shape index (κ2) is 5.83. The minimum atomic E-state index is -3.51. The molecule has 1 atom stereocenters. The number of primary sulfonamides is 1. The summed E-state index contributed by atoms with van der Waals surface area (Å²) < 4.78 is 22.6. The summed E-state index contributed by atoms with van der Waals surface area (Å²) in [6.07, 6.45) is 1.72. The van der Waals surface area contributed by atoms with E-state index in [0.29, 0.717) is 12.1 Å². The maximum absolute atomic E-state index is 12.2. The molecule has 0 amide bonds. The predicted octanol–water partition coefficient (Wildman–Crippen LogP) is 0.781. The quantitative estimate of drug-likeness (QED) is 0.870. The molecule has 6 nitrogen and oxygen atoms in total. The molecular formula is C15H19N3O3S. The van der Waals surface area contributed by atoms with Gasteiger partial charge in [0.05, 0.1) is 5.75 Å².